The minimum Gasteiger partial charge on any atom is -0.507 e. The predicted molar refractivity (Wildman–Crippen MR) is 85.3 cm³/mol. The lowest BCUT2D eigenvalue weighted by Crippen LogP contribution is -1.89. The van der Waals surface area contributed by atoms with E-state index in [0.29, 0.717) is 0 Å². The SMILES string of the molecule is Oc1ccc(Cl)c(Cl)c1-c1c(Cl)c(Cl)c(O)c(Cl)c1Cl. The van der Waals surface area contributed by atoms with Gasteiger partial charge < -0.3 is 10.2 Å². The highest BCUT2D eigenvalue weighted by Gasteiger charge is 2.25. The van der Waals surface area contributed by atoms with Gasteiger partial charge in [-0.3, -0.25) is 0 Å². The summed E-state index contributed by atoms with van der Waals surface area (Å²) < 4.78 is 0. The van der Waals surface area contributed by atoms with Crippen molar-refractivity contribution in [2.75, 3.05) is 0 Å². The molecule has 0 saturated heterocycles. The minimum atomic E-state index is -0.454. The zero-order valence-electron chi connectivity index (χ0n) is 9.32. The van der Waals surface area contributed by atoms with Crippen LogP contribution in [0.1, 0.15) is 0 Å². The number of hydrogen-bond donors (Lipinski definition) is 2. The first-order valence-corrected chi connectivity index (χ1v) is 7.26. The van der Waals surface area contributed by atoms with Crippen molar-refractivity contribution in [2.24, 2.45) is 0 Å². The first-order chi connectivity index (χ1) is 9.27. The standard InChI is InChI=1S/C12H4Cl6O2/c13-3-1-2-4(19)5(7(3)14)6-8(15)10(17)12(20)11(18)9(6)16/h1-2,19-20H. The number of benzene rings is 2. The average Bonchev–Trinajstić information content (AvgIpc) is 2.42. The van der Waals surface area contributed by atoms with Gasteiger partial charge in [-0.2, -0.15) is 0 Å². The van der Waals surface area contributed by atoms with E-state index in [9.17, 15) is 10.2 Å². The normalized spacial score (nSPS) is 10.9. The van der Waals surface area contributed by atoms with Gasteiger partial charge in [-0.25, -0.2) is 0 Å². The highest BCUT2D eigenvalue weighted by Crippen LogP contribution is 2.53. The molecule has 2 N–H and O–H groups in total. The molecule has 0 radical (unpaired) electrons. The Hall–Kier alpha value is -0.220. The summed E-state index contributed by atoms with van der Waals surface area (Å²) >= 11 is 35.8. The Morgan fingerprint density at radius 1 is 0.600 bits per heavy atom. The molecule has 0 aromatic heterocycles. The van der Waals surface area contributed by atoms with Crippen LogP contribution in [-0.2, 0) is 0 Å². The molecule has 0 atom stereocenters. The molecule has 0 heterocycles. The number of rotatable bonds is 1. The molecular weight excluding hydrogens is 389 g/mol. The van der Waals surface area contributed by atoms with Crippen molar-refractivity contribution in [2.45, 2.75) is 0 Å². The second kappa shape index (κ2) is 5.88. The average molecular weight is 393 g/mol. The Bertz CT molecular complexity index is 685. The summed E-state index contributed by atoms with van der Waals surface area (Å²) in [5, 5.41) is 19.3. The van der Waals surface area contributed by atoms with Crippen LogP contribution in [0.15, 0.2) is 12.1 Å². The van der Waals surface area contributed by atoms with Gasteiger partial charge in [0, 0.05) is 11.1 Å². The molecule has 0 aliphatic heterocycles. The van der Waals surface area contributed by atoms with Crippen LogP contribution in [0.3, 0.4) is 0 Å². The second-order valence-electron chi connectivity index (χ2n) is 3.74. The monoisotopic (exact) mass is 390 g/mol. The van der Waals surface area contributed by atoms with E-state index in [0.717, 1.165) is 0 Å². The van der Waals surface area contributed by atoms with Crippen LogP contribution in [-0.4, -0.2) is 10.2 Å². The first kappa shape index (κ1) is 16.2. The van der Waals surface area contributed by atoms with Gasteiger partial charge in [-0.1, -0.05) is 69.6 Å². The van der Waals surface area contributed by atoms with Gasteiger partial charge in [0.05, 0.1) is 20.1 Å². The van der Waals surface area contributed by atoms with Crippen molar-refractivity contribution >= 4 is 69.6 Å². The van der Waals surface area contributed by atoms with Gasteiger partial charge in [0.1, 0.15) is 15.8 Å². The molecule has 2 nitrogen and oxygen atoms in total. The quantitative estimate of drug-likeness (QED) is 0.531. The van der Waals surface area contributed by atoms with Gasteiger partial charge in [-0.15, -0.1) is 0 Å². The fraction of sp³-hybridized carbons (Fsp3) is 0. The molecule has 0 fully saturated rings. The Morgan fingerprint density at radius 2 is 1.10 bits per heavy atom. The Kier molecular flexibility index (Phi) is 4.75. The maximum absolute atomic E-state index is 9.96. The molecule has 0 aliphatic rings. The molecular formula is C12H4Cl6O2. The Morgan fingerprint density at radius 3 is 1.60 bits per heavy atom. The van der Waals surface area contributed by atoms with Crippen LogP contribution in [0, 0.1) is 0 Å². The van der Waals surface area contributed by atoms with Crippen molar-refractivity contribution in [3.05, 3.63) is 42.3 Å². The second-order valence-corrected chi connectivity index (χ2v) is 6.03. The Balaban J connectivity index is 2.95. The van der Waals surface area contributed by atoms with Gasteiger partial charge in [0.25, 0.3) is 0 Å². The van der Waals surface area contributed by atoms with E-state index in [4.69, 9.17) is 69.6 Å². The highest BCUT2D eigenvalue weighted by molar-refractivity contribution is 6.52. The van der Waals surface area contributed by atoms with E-state index in [2.05, 4.69) is 0 Å². The van der Waals surface area contributed by atoms with E-state index in [1.807, 2.05) is 0 Å². The maximum Gasteiger partial charge on any atom is 0.155 e. The van der Waals surface area contributed by atoms with Crippen LogP contribution in [0.4, 0.5) is 0 Å². The summed E-state index contributed by atoms with van der Waals surface area (Å²) in [5.41, 5.74) is 0.170. The topological polar surface area (TPSA) is 40.5 Å². The van der Waals surface area contributed by atoms with E-state index >= 15 is 0 Å². The molecule has 0 bridgehead atoms. The van der Waals surface area contributed by atoms with E-state index in [1.54, 1.807) is 0 Å². The van der Waals surface area contributed by atoms with Gasteiger partial charge in [0.15, 0.2) is 5.75 Å². The summed E-state index contributed by atoms with van der Waals surface area (Å²) in [5.74, 6) is -0.661. The smallest absolute Gasteiger partial charge is 0.155 e. The van der Waals surface area contributed by atoms with Crippen LogP contribution in [0.5, 0.6) is 11.5 Å². The molecule has 2 aromatic carbocycles. The van der Waals surface area contributed by atoms with Crippen molar-refractivity contribution in [3.8, 4) is 22.6 Å². The molecule has 8 heteroatoms. The molecule has 0 aliphatic carbocycles. The lowest BCUT2D eigenvalue weighted by Gasteiger charge is -2.15. The maximum atomic E-state index is 9.96. The van der Waals surface area contributed by atoms with Crippen molar-refractivity contribution < 1.29 is 10.2 Å². The minimum absolute atomic E-state index is 0.0355. The zero-order valence-corrected chi connectivity index (χ0v) is 13.9. The summed E-state index contributed by atoms with van der Waals surface area (Å²) in [6, 6.07) is 2.74. The summed E-state index contributed by atoms with van der Waals surface area (Å²) in [6.45, 7) is 0. The van der Waals surface area contributed by atoms with Crippen LogP contribution >= 0.6 is 69.6 Å². The summed E-state index contributed by atoms with van der Waals surface area (Å²) in [4.78, 5) is 0. The fourth-order valence-electron chi connectivity index (χ4n) is 1.62. The van der Waals surface area contributed by atoms with Crippen LogP contribution in [0.25, 0.3) is 11.1 Å². The molecule has 2 rings (SSSR count). The Labute approximate surface area is 144 Å². The molecule has 0 unspecified atom stereocenters. The van der Waals surface area contributed by atoms with Gasteiger partial charge in [-0.05, 0) is 12.1 Å². The molecule has 0 amide bonds. The molecule has 106 valence electrons. The first-order valence-electron chi connectivity index (χ1n) is 4.99. The summed E-state index contributed by atoms with van der Waals surface area (Å²) in [6.07, 6.45) is 0. The highest BCUT2D eigenvalue weighted by atomic mass is 35.5. The van der Waals surface area contributed by atoms with E-state index in [1.165, 1.54) is 12.1 Å². The third-order valence-corrected chi connectivity index (χ3v) is 5.05. The summed E-state index contributed by atoms with van der Waals surface area (Å²) in [7, 11) is 0. The van der Waals surface area contributed by atoms with Crippen LogP contribution in [0.2, 0.25) is 30.1 Å². The van der Waals surface area contributed by atoms with Crippen molar-refractivity contribution in [3.63, 3.8) is 0 Å². The number of hydrogen-bond acceptors (Lipinski definition) is 2. The van der Waals surface area contributed by atoms with Crippen LogP contribution < -0.4 is 0 Å². The molecule has 0 saturated carbocycles. The fourth-order valence-corrected chi connectivity index (χ4v) is 3.06. The number of phenolic OH excluding ortho intramolecular Hbond substituents is 2. The van der Waals surface area contributed by atoms with Crippen molar-refractivity contribution in [1.29, 1.82) is 0 Å². The lowest BCUT2D eigenvalue weighted by molar-refractivity contribution is 0.474. The third-order valence-electron chi connectivity index (χ3n) is 2.56. The van der Waals surface area contributed by atoms with E-state index < -0.39 is 5.75 Å². The van der Waals surface area contributed by atoms with E-state index in [-0.39, 0.29) is 47.0 Å². The zero-order chi connectivity index (χ0) is 15.2. The number of aromatic hydroxyl groups is 2. The predicted octanol–water partition coefficient (Wildman–Crippen LogP) is 6.69. The molecule has 2 aromatic rings. The molecule has 0 spiro atoms. The largest absolute Gasteiger partial charge is 0.507 e. The van der Waals surface area contributed by atoms with Gasteiger partial charge >= 0.3 is 0 Å². The number of phenols is 2. The molecule has 20 heavy (non-hydrogen) atoms. The van der Waals surface area contributed by atoms with Crippen molar-refractivity contribution in [1.82, 2.24) is 0 Å². The van der Waals surface area contributed by atoms with Gasteiger partial charge in [0.2, 0.25) is 0 Å². The third kappa shape index (κ3) is 2.50. The number of halogens is 6. The lowest BCUT2D eigenvalue weighted by atomic mass is 10.0.